The molecule has 0 heterocycles. The summed E-state index contributed by atoms with van der Waals surface area (Å²) in [6, 6.07) is 15.6. The van der Waals surface area contributed by atoms with E-state index in [4.69, 9.17) is 0 Å². The highest BCUT2D eigenvalue weighted by Crippen LogP contribution is 2.25. The number of aryl methyl sites for hydroxylation is 1. The summed E-state index contributed by atoms with van der Waals surface area (Å²) in [5, 5.41) is 8.31. The van der Waals surface area contributed by atoms with Crippen LogP contribution in [0.25, 0.3) is 0 Å². The first-order chi connectivity index (χ1) is 10.8. The van der Waals surface area contributed by atoms with Crippen LogP contribution in [-0.2, 0) is 21.1 Å². The van der Waals surface area contributed by atoms with Crippen molar-refractivity contribution in [2.45, 2.75) is 30.4 Å². The van der Waals surface area contributed by atoms with E-state index in [0.717, 1.165) is 11.1 Å². The van der Waals surface area contributed by atoms with Crippen LogP contribution in [0.2, 0.25) is 0 Å². The number of aliphatic carboxylic acids is 1. The predicted molar refractivity (Wildman–Crippen MR) is 89.1 cm³/mol. The lowest BCUT2D eigenvalue weighted by Gasteiger charge is -2.21. The quantitative estimate of drug-likeness (QED) is 0.882. The molecule has 2 rings (SSSR count). The molecule has 0 spiro atoms. The summed E-state index contributed by atoms with van der Waals surface area (Å²) < 4.78 is 25.9. The Bertz CT molecular complexity index is 764. The van der Waals surface area contributed by atoms with Crippen molar-refractivity contribution in [2.75, 3.05) is 0 Å². The Morgan fingerprint density at radius 1 is 1.04 bits per heavy atom. The van der Waals surface area contributed by atoms with E-state index in [-0.39, 0.29) is 11.3 Å². The molecule has 0 aliphatic heterocycles. The van der Waals surface area contributed by atoms with Crippen LogP contribution in [0.5, 0.6) is 0 Å². The van der Waals surface area contributed by atoms with Gasteiger partial charge in [-0.3, -0.25) is 4.79 Å². The van der Waals surface area contributed by atoms with Crippen LogP contribution in [0.4, 0.5) is 0 Å². The molecule has 0 bridgehead atoms. The third-order valence-corrected chi connectivity index (χ3v) is 6.28. The van der Waals surface area contributed by atoms with Crippen LogP contribution >= 0.6 is 0 Å². The third-order valence-electron chi connectivity index (χ3n) is 3.98. The molecular formula is C18H20O4S. The number of carboxylic acid groups (broad SMARTS) is 1. The van der Waals surface area contributed by atoms with Gasteiger partial charge < -0.3 is 5.11 Å². The van der Waals surface area contributed by atoms with Crippen LogP contribution < -0.4 is 0 Å². The van der Waals surface area contributed by atoms with Gasteiger partial charge in [-0.2, -0.15) is 0 Å². The van der Waals surface area contributed by atoms with E-state index in [1.54, 1.807) is 12.1 Å². The van der Waals surface area contributed by atoms with Gasteiger partial charge in [0, 0.05) is 0 Å². The van der Waals surface area contributed by atoms with Gasteiger partial charge in [0.2, 0.25) is 0 Å². The molecule has 2 atom stereocenters. The van der Waals surface area contributed by atoms with Gasteiger partial charge >= 0.3 is 5.97 Å². The second-order valence-electron chi connectivity index (χ2n) is 5.71. The average Bonchev–Trinajstić information content (AvgIpc) is 2.53. The number of hydrogen-bond donors (Lipinski definition) is 1. The van der Waals surface area contributed by atoms with Crippen molar-refractivity contribution in [3.63, 3.8) is 0 Å². The zero-order chi connectivity index (χ0) is 17.0. The molecule has 0 saturated heterocycles. The average molecular weight is 332 g/mol. The molecule has 0 saturated carbocycles. The van der Waals surface area contributed by atoms with E-state index < -0.39 is 27.0 Å². The molecule has 0 aliphatic rings. The first-order valence-corrected chi connectivity index (χ1v) is 8.94. The van der Waals surface area contributed by atoms with Gasteiger partial charge in [0.25, 0.3) is 0 Å². The van der Waals surface area contributed by atoms with Crippen molar-refractivity contribution in [2.24, 2.45) is 5.92 Å². The monoisotopic (exact) mass is 332 g/mol. The fraction of sp³-hybridized carbons (Fsp3) is 0.278. The number of hydrogen-bond acceptors (Lipinski definition) is 3. The summed E-state index contributed by atoms with van der Waals surface area (Å²) in [7, 11) is -3.74. The van der Waals surface area contributed by atoms with Gasteiger partial charge in [0.05, 0.1) is 16.1 Å². The van der Waals surface area contributed by atoms with E-state index in [2.05, 4.69) is 0 Å². The topological polar surface area (TPSA) is 71.4 Å². The smallest absolute Gasteiger partial charge is 0.307 e. The van der Waals surface area contributed by atoms with Crippen LogP contribution in [0.1, 0.15) is 18.1 Å². The lowest BCUT2D eigenvalue weighted by molar-refractivity contribution is -0.141. The molecule has 5 heteroatoms. The minimum atomic E-state index is -3.74. The second-order valence-corrected chi connectivity index (χ2v) is 7.88. The first-order valence-electron chi connectivity index (χ1n) is 7.39. The van der Waals surface area contributed by atoms with Crippen LogP contribution in [0.3, 0.4) is 0 Å². The van der Waals surface area contributed by atoms with Crippen molar-refractivity contribution < 1.29 is 18.3 Å². The third kappa shape index (κ3) is 3.99. The molecule has 23 heavy (non-hydrogen) atoms. The Hall–Kier alpha value is -2.14. The number of rotatable bonds is 6. The van der Waals surface area contributed by atoms with E-state index in [1.165, 1.54) is 19.1 Å². The van der Waals surface area contributed by atoms with Gasteiger partial charge in [0.1, 0.15) is 0 Å². The molecule has 2 unspecified atom stereocenters. The van der Waals surface area contributed by atoms with Crippen LogP contribution in [-0.4, -0.2) is 24.7 Å². The highest BCUT2D eigenvalue weighted by atomic mass is 32.2. The second kappa shape index (κ2) is 6.96. The van der Waals surface area contributed by atoms with Gasteiger partial charge in [-0.1, -0.05) is 55.0 Å². The van der Waals surface area contributed by atoms with Crippen molar-refractivity contribution in [3.8, 4) is 0 Å². The van der Waals surface area contributed by atoms with Crippen molar-refractivity contribution in [1.82, 2.24) is 0 Å². The molecule has 0 aromatic heterocycles. The highest BCUT2D eigenvalue weighted by Gasteiger charge is 2.36. The largest absolute Gasteiger partial charge is 0.481 e. The summed E-state index contributed by atoms with van der Waals surface area (Å²) >= 11 is 0. The summed E-state index contributed by atoms with van der Waals surface area (Å²) in [6.07, 6.45) is 0.171. The van der Waals surface area contributed by atoms with Crippen molar-refractivity contribution in [1.29, 1.82) is 0 Å². The summed E-state index contributed by atoms with van der Waals surface area (Å²) in [6.45, 7) is 3.32. The zero-order valence-electron chi connectivity index (χ0n) is 13.1. The Morgan fingerprint density at radius 2 is 1.61 bits per heavy atom. The Balaban J connectivity index is 2.43. The Kier molecular flexibility index (Phi) is 5.21. The van der Waals surface area contributed by atoms with E-state index in [9.17, 15) is 18.3 Å². The van der Waals surface area contributed by atoms with E-state index in [0.29, 0.717) is 0 Å². The molecule has 2 aromatic carbocycles. The molecule has 0 radical (unpaired) electrons. The van der Waals surface area contributed by atoms with Crippen molar-refractivity contribution >= 4 is 15.8 Å². The molecule has 0 amide bonds. The maximum atomic E-state index is 12.9. The molecule has 4 nitrogen and oxygen atoms in total. The summed E-state index contributed by atoms with van der Waals surface area (Å²) in [5.41, 5.74) is 1.76. The highest BCUT2D eigenvalue weighted by molar-refractivity contribution is 7.92. The Labute approximate surface area is 136 Å². The lowest BCUT2D eigenvalue weighted by atomic mass is 10.0. The van der Waals surface area contributed by atoms with Crippen LogP contribution in [0.15, 0.2) is 59.5 Å². The molecule has 0 fully saturated rings. The van der Waals surface area contributed by atoms with Gasteiger partial charge in [-0.05, 0) is 31.0 Å². The molecular weight excluding hydrogens is 312 g/mol. The van der Waals surface area contributed by atoms with Crippen LogP contribution in [0, 0.1) is 12.8 Å². The van der Waals surface area contributed by atoms with Gasteiger partial charge in [0.15, 0.2) is 9.84 Å². The minimum Gasteiger partial charge on any atom is -0.481 e. The Morgan fingerprint density at radius 3 is 2.13 bits per heavy atom. The fourth-order valence-electron chi connectivity index (χ4n) is 2.46. The normalized spacial score (nSPS) is 14.2. The fourth-order valence-corrected chi connectivity index (χ4v) is 4.39. The molecule has 2 aromatic rings. The lowest BCUT2D eigenvalue weighted by Crippen LogP contribution is -2.35. The predicted octanol–water partition coefficient (Wildman–Crippen LogP) is 3.10. The number of sulfone groups is 1. The van der Waals surface area contributed by atoms with E-state index >= 15 is 0 Å². The maximum absolute atomic E-state index is 12.9. The zero-order valence-corrected chi connectivity index (χ0v) is 14.0. The number of benzene rings is 2. The minimum absolute atomic E-state index is 0.164. The van der Waals surface area contributed by atoms with Crippen molar-refractivity contribution in [3.05, 3.63) is 65.7 Å². The van der Waals surface area contributed by atoms with E-state index in [1.807, 2.05) is 37.3 Å². The van der Waals surface area contributed by atoms with Gasteiger partial charge in [-0.25, -0.2) is 8.42 Å². The maximum Gasteiger partial charge on any atom is 0.307 e. The number of carboxylic acids is 1. The summed E-state index contributed by atoms with van der Waals surface area (Å²) in [4.78, 5) is 11.6. The molecule has 122 valence electrons. The SMILES string of the molecule is Cc1ccc(S(=O)(=O)C(Cc2ccccc2)C(C)C(=O)O)cc1. The summed E-state index contributed by atoms with van der Waals surface area (Å²) in [5.74, 6) is -2.11. The molecule has 0 aliphatic carbocycles. The van der Waals surface area contributed by atoms with Gasteiger partial charge in [-0.15, -0.1) is 0 Å². The first kappa shape index (κ1) is 17.2. The standard InChI is InChI=1S/C18H20O4S/c1-13-8-10-16(11-9-13)23(21,22)17(14(2)18(19)20)12-15-6-4-3-5-7-15/h3-11,14,17H,12H2,1-2H3,(H,19,20). The number of carbonyl (C=O) groups is 1. The molecule has 1 N–H and O–H groups in total.